The molecule has 2 N–H and O–H groups in total. The van der Waals surface area contributed by atoms with Gasteiger partial charge in [0.05, 0.1) is 5.92 Å². The van der Waals surface area contributed by atoms with Crippen LogP contribution in [0.25, 0.3) is 0 Å². The van der Waals surface area contributed by atoms with E-state index in [0.29, 0.717) is 5.92 Å². The molecule has 1 amide bonds. The Morgan fingerprint density at radius 3 is 2.21 bits per heavy atom. The molecule has 0 radical (unpaired) electrons. The van der Waals surface area contributed by atoms with Gasteiger partial charge in [-0.1, -0.05) is 40.0 Å². The second-order valence-electron chi connectivity index (χ2n) is 5.84. The van der Waals surface area contributed by atoms with E-state index < -0.39 is 17.8 Å². The van der Waals surface area contributed by atoms with Crippen molar-refractivity contribution < 1.29 is 14.7 Å². The van der Waals surface area contributed by atoms with Crippen LogP contribution in [0.15, 0.2) is 0 Å². The molecule has 4 heteroatoms. The predicted molar refractivity (Wildman–Crippen MR) is 74.8 cm³/mol. The molecule has 3 unspecified atom stereocenters. The van der Waals surface area contributed by atoms with Crippen LogP contribution in [0, 0.1) is 17.8 Å². The van der Waals surface area contributed by atoms with Crippen LogP contribution in [-0.2, 0) is 9.59 Å². The molecule has 1 fully saturated rings. The minimum Gasteiger partial charge on any atom is -0.481 e. The normalized spacial score (nSPS) is 21.4. The smallest absolute Gasteiger partial charge is 0.307 e. The van der Waals surface area contributed by atoms with Gasteiger partial charge in [-0.25, -0.2) is 0 Å². The molecule has 0 aromatic heterocycles. The highest BCUT2D eigenvalue weighted by molar-refractivity contribution is 5.84. The number of aliphatic carboxylic acids is 1. The number of rotatable bonds is 6. The Morgan fingerprint density at radius 1 is 1.16 bits per heavy atom. The first-order valence-electron chi connectivity index (χ1n) is 7.50. The maximum atomic E-state index is 12.1. The third-order valence-electron chi connectivity index (χ3n) is 4.54. The highest BCUT2D eigenvalue weighted by atomic mass is 16.4. The van der Waals surface area contributed by atoms with Crippen molar-refractivity contribution in [3.05, 3.63) is 0 Å². The molecule has 0 saturated heterocycles. The van der Waals surface area contributed by atoms with E-state index in [2.05, 4.69) is 12.2 Å². The van der Waals surface area contributed by atoms with Crippen molar-refractivity contribution >= 4 is 11.9 Å². The fourth-order valence-corrected chi connectivity index (χ4v) is 2.84. The molecule has 1 saturated carbocycles. The molecular weight excluding hydrogens is 242 g/mol. The van der Waals surface area contributed by atoms with E-state index in [1.807, 2.05) is 0 Å². The summed E-state index contributed by atoms with van der Waals surface area (Å²) in [5.74, 6) is -1.57. The van der Waals surface area contributed by atoms with Crippen molar-refractivity contribution in [3.63, 3.8) is 0 Å². The molecule has 4 nitrogen and oxygen atoms in total. The number of carbonyl (C=O) groups is 2. The van der Waals surface area contributed by atoms with E-state index in [1.54, 1.807) is 13.8 Å². The Kier molecular flexibility index (Phi) is 6.32. The average Bonchev–Trinajstić information content (AvgIpc) is 2.43. The molecule has 0 aromatic rings. The average molecular weight is 269 g/mol. The second-order valence-corrected chi connectivity index (χ2v) is 5.84. The first-order chi connectivity index (χ1) is 8.97. The summed E-state index contributed by atoms with van der Waals surface area (Å²) in [6, 6.07) is 0.205. The fourth-order valence-electron chi connectivity index (χ4n) is 2.84. The second kappa shape index (κ2) is 7.51. The van der Waals surface area contributed by atoms with Gasteiger partial charge in [-0.3, -0.25) is 9.59 Å². The Labute approximate surface area is 116 Å². The first-order valence-corrected chi connectivity index (χ1v) is 7.50. The maximum absolute atomic E-state index is 12.1. The number of carboxylic acids is 1. The molecule has 1 rings (SSSR count). The van der Waals surface area contributed by atoms with Crippen molar-refractivity contribution in [3.8, 4) is 0 Å². The van der Waals surface area contributed by atoms with Crippen molar-refractivity contribution in [2.45, 2.75) is 65.3 Å². The van der Waals surface area contributed by atoms with Gasteiger partial charge in [0, 0.05) is 12.0 Å². The lowest BCUT2D eigenvalue weighted by Gasteiger charge is -2.31. The molecule has 110 valence electrons. The van der Waals surface area contributed by atoms with Crippen molar-refractivity contribution in [2.24, 2.45) is 17.8 Å². The number of carboxylic acid groups (broad SMARTS) is 1. The summed E-state index contributed by atoms with van der Waals surface area (Å²) in [4.78, 5) is 23.0. The molecular formula is C15H27NO3. The van der Waals surface area contributed by atoms with Crippen molar-refractivity contribution in [1.82, 2.24) is 5.32 Å². The minimum absolute atomic E-state index is 0.118. The molecule has 0 bridgehead atoms. The molecule has 1 aliphatic rings. The fraction of sp³-hybridized carbons (Fsp3) is 0.867. The molecule has 3 atom stereocenters. The lowest BCUT2D eigenvalue weighted by molar-refractivity contribution is -0.146. The van der Waals surface area contributed by atoms with Crippen molar-refractivity contribution in [2.75, 3.05) is 0 Å². The zero-order valence-corrected chi connectivity index (χ0v) is 12.3. The zero-order chi connectivity index (χ0) is 14.4. The Bertz CT molecular complexity index is 311. The molecule has 0 heterocycles. The van der Waals surface area contributed by atoms with Crippen LogP contribution in [0.4, 0.5) is 0 Å². The number of carbonyl (C=O) groups excluding carboxylic acids is 1. The van der Waals surface area contributed by atoms with Gasteiger partial charge in [-0.05, 0) is 25.2 Å². The highest BCUT2D eigenvalue weighted by Gasteiger charge is 2.29. The quantitative estimate of drug-likeness (QED) is 0.779. The van der Waals surface area contributed by atoms with Crippen LogP contribution >= 0.6 is 0 Å². The summed E-state index contributed by atoms with van der Waals surface area (Å²) in [5, 5.41) is 12.0. The lowest BCUT2D eigenvalue weighted by Crippen LogP contribution is -2.44. The van der Waals surface area contributed by atoms with Crippen LogP contribution in [-0.4, -0.2) is 23.0 Å². The Balaban J connectivity index is 2.54. The topological polar surface area (TPSA) is 66.4 Å². The van der Waals surface area contributed by atoms with Gasteiger partial charge in [-0.2, -0.15) is 0 Å². The SMILES string of the molecule is CCC(NC(=O)C(C)C(C)C(=O)O)C1CCCCC1. The third-order valence-corrected chi connectivity index (χ3v) is 4.54. The standard InChI is InChI=1S/C15H27NO3/c1-4-13(12-8-6-5-7-9-12)16-14(17)10(2)11(3)15(18)19/h10-13H,4-9H2,1-3H3,(H,16,17)(H,18,19). The zero-order valence-electron chi connectivity index (χ0n) is 12.3. The van der Waals surface area contributed by atoms with Gasteiger partial charge >= 0.3 is 5.97 Å². The summed E-state index contributed by atoms with van der Waals surface area (Å²) in [5.41, 5.74) is 0. The van der Waals surface area contributed by atoms with Crippen LogP contribution in [0.2, 0.25) is 0 Å². The summed E-state index contributed by atoms with van der Waals surface area (Å²) in [6.45, 7) is 5.38. The predicted octanol–water partition coefficient (Wildman–Crippen LogP) is 2.82. The monoisotopic (exact) mass is 269 g/mol. The number of hydrogen-bond acceptors (Lipinski definition) is 2. The van der Waals surface area contributed by atoms with Crippen LogP contribution in [0.5, 0.6) is 0 Å². The van der Waals surface area contributed by atoms with E-state index in [4.69, 9.17) is 5.11 Å². The van der Waals surface area contributed by atoms with Gasteiger partial charge in [0.15, 0.2) is 0 Å². The van der Waals surface area contributed by atoms with Crippen LogP contribution < -0.4 is 5.32 Å². The van der Waals surface area contributed by atoms with Gasteiger partial charge in [0.1, 0.15) is 0 Å². The van der Waals surface area contributed by atoms with E-state index in [-0.39, 0.29) is 11.9 Å². The third kappa shape index (κ3) is 4.51. The maximum Gasteiger partial charge on any atom is 0.307 e. The summed E-state index contributed by atoms with van der Waals surface area (Å²) in [6.07, 6.45) is 7.08. The Hall–Kier alpha value is -1.06. The largest absolute Gasteiger partial charge is 0.481 e. The number of amides is 1. The number of nitrogens with one attached hydrogen (secondary N) is 1. The first kappa shape index (κ1) is 16.0. The number of hydrogen-bond donors (Lipinski definition) is 2. The summed E-state index contributed by atoms with van der Waals surface area (Å²) in [7, 11) is 0. The molecule has 0 aromatic carbocycles. The van der Waals surface area contributed by atoms with E-state index in [0.717, 1.165) is 6.42 Å². The van der Waals surface area contributed by atoms with Crippen molar-refractivity contribution in [1.29, 1.82) is 0 Å². The van der Waals surface area contributed by atoms with Gasteiger partial charge < -0.3 is 10.4 Å². The van der Waals surface area contributed by atoms with Gasteiger partial charge in [0.25, 0.3) is 0 Å². The molecule has 1 aliphatic carbocycles. The molecule has 0 aliphatic heterocycles. The minimum atomic E-state index is -0.909. The van der Waals surface area contributed by atoms with Gasteiger partial charge in [0.2, 0.25) is 5.91 Å². The summed E-state index contributed by atoms with van der Waals surface area (Å²) < 4.78 is 0. The van der Waals surface area contributed by atoms with E-state index >= 15 is 0 Å². The van der Waals surface area contributed by atoms with E-state index in [9.17, 15) is 9.59 Å². The lowest BCUT2D eigenvalue weighted by atomic mass is 9.82. The van der Waals surface area contributed by atoms with E-state index in [1.165, 1.54) is 32.1 Å². The Morgan fingerprint density at radius 2 is 1.74 bits per heavy atom. The van der Waals surface area contributed by atoms with Gasteiger partial charge in [-0.15, -0.1) is 0 Å². The van der Waals surface area contributed by atoms with Crippen LogP contribution in [0.1, 0.15) is 59.3 Å². The molecule has 19 heavy (non-hydrogen) atoms. The molecule has 0 spiro atoms. The summed E-state index contributed by atoms with van der Waals surface area (Å²) >= 11 is 0. The van der Waals surface area contributed by atoms with Crippen LogP contribution in [0.3, 0.4) is 0 Å². The highest BCUT2D eigenvalue weighted by Crippen LogP contribution is 2.28.